The summed E-state index contributed by atoms with van der Waals surface area (Å²) in [4.78, 5) is 4.82. The molecule has 3 heterocycles. The molecule has 0 amide bonds. The Hall–Kier alpha value is -5.16. The van der Waals surface area contributed by atoms with E-state index >= 15 is 0 Å². The standard InChI is InChI=1S/C46H50N4O/c1-9-15-39-45(44-30(4)17-14-18-31(44)5)41(16-10-2)50(48-39)34-26-33(46(6,7)8)27-36(28-34)51-35-21-22-38-37-19-12-13-20-40(37)49(42(38)29-35)43-25-32(11-3)23-24-47-43/h12-14,17-29H,9-11,15-16H2,1-8H3. The van der Waals surface area contributed by atoms with Gasteiger partial charge in [-0.25, -0.2) is 9.67 Å². The van der Waals surface area contributed by atoms with Crippen LogP contribution in [0.2, 0.25) is 0 Å². The second kappa shape index (κ2) is 13.9. The molecule has 0 aliphatic heterocycles. The van der Waals surface area contributed by atoms with Gasteiger partial charge in [-0.05, 0) is 109 Å². The van der Waals surface area contributed by atoms with Crippen molar-refractivity contribution in [3.63, 3.8) is 0 Å². The Labute approximate surface area is 302 Å². The normalized spacial score (nSPS) is 11.9. The molecule has 5 heteroatoms. The van der Waals surface area contributed by atoms with Crippen molar-refractivity contribution in [2.24, 2.45) is 0 Å². The smallest absolute Gasteiger partial charge is 0.137 e. The van der Waals surface area contributed by atoms with E-state index in [1.807, 2.05) is 6.20 Å². The van der Waals surface area contributed by atoms with Crippen LogP contribution in [0, 0.1) is 13.8 Å². The Morgan fingerprint density at radius 1 is 0.686 bits per heavy atom. The zero-order valence-corrected chi connectivity index (χ0v) is 31.5. The molecule has 51 heavy (non-hydrogen) atoms. The van der Waals surface area contributed by atoms with E-state index in [1.54, 1.807) is 0 Å². The van der Waals surface area contributed by atoms with Crippen LogP contribution in [0.15, 0.2) is 97.2 Å². The molecule has 3 aromatic heterocycles. The second-order valence-corrected chi connectivity index (χ2v) is 14.9. The molecule has 0 fully saturated rings. The predicted molar refractivity (Wildman–Crippen MR) is 213 cm³/mol. The number of benzene rings is 4. The summed E-state index contributed by atoms with van der Waals surface area (Å²) in [5.74, 6) is 2.50. The van der Waals surface area contributed by atoms with Crippen molar-refractivity contribution in [2.75, 3.05) is 0 Å². The van der Waals surface area contributed by atoms with Crippen LogP contribution in [0.4, 0.5) is 0 Å². The molecule has 260 valence electrons. The zero-order chi connectivity index (χ0) is 35.9. The SMILES string of the molecule is CCCc1nn(-c2cc(Oc3ccc4c5ccccc5n(-c5cc(CC)ccn5)c4c3)cc(C(C)(C)C)c2)c(CCC)c1-c1c(C)cccc1C. The highest BCUT2D eigenvalue weighted by Gasteiger charge is 2.24. The molecular formula is C46H50N4O. The second-order valence-electron chi connectivity index (χ2n) is 14.9. The number of ether oxygens (including phenoxy) is 1. The molecule has 0 spiro atoms. The third-order valence-corrected chi connectivity index (χ3v) is 10.1. The van der Waals surface area contributed by atoms with Crippen LogP contribution < -0.4 is 4.74 Å². The van der Waals surface area contributed by atoms with E-state index in [-0.39, 0.29) is 5.41 Å². The fraction of sp³-hybridized carbons (Fsp3) is 0.304. The maximum absolute atomic E-state index is 6.85. The number of hydrogen-bond donors (Lipinski definition) is 0. The minimum atomic E-state index is -0.0970. The lowest BCUT2D eigenvalue weighted by Gasteiger charge is -2.22. The average Bonchev–Trinajstić information content (AvgIpc) is 3.63. The van der Waals surface area contributed by atoms with Crippen LogP contribution in [0.5, 0.6) is 11.5 Å². The molecule has 0 radical (unpaired) electrons. The van der Waals surface area contributed by atoms with Crippen LogP contribution in [-0.4, -0.2) is 19.3 Å². The van der Waals surface area contributed by atoms with Crippen molar-refractivity contribution >= 4 is 21.8 Å². The molecule has 0 aliphatic carbocycles. The first-order valence-electron chi connectivity index (χ1n) is 18.6. The van der Waals surface area contributed by atoms with E-state index in [9.17, 15) is 0 Å². The van der Waals surface area contributed by atoms with Gasteiger partial charge < -0.3 is 4.74 Å². The number of aromatic nitrogens is 4. The van der Waals surface area contributed by atoms with E-state index in [4.69, 9.17) is 14.8 Å². The van der Waals surface area contributed by atoms with Gasteiger partial charge >= 0.3 is 0 Å². The van der Waals surface area contributed by atoms with Gasteiger partial charge in [0.05, 0.1) is 28.1 Å². The van der Waals surface area contributed by atoms with Gasteiger partial charge in [-0.15, -0.1) is 0 Å². The number of hydrogen-bond acceptors (Lipinski definition) is 3. The number of rotatable bonds is 10. The number of pyridine rings is 1. The van der Waals surface area contributed by atoms with E-state index in [1.165, 1.54) is 55.5 Å². The summed E-state index contributed by atoms with van der Waals surface area (Å²) in [6.45, 7) is 17.9. The van der Waals surface area contributed by atoms with Crippen LogP contribution in [0.25, 0.3) is 44.4 Å². The quantitative estimate of drug-likeness (QED) is 0.145. The summed E-state index contributed by atoms with van der Waals surface area (Å²) in [5.41, 5.74) is 13.2. The van der Waals surface area contributed by atoms with Crippen molar-refractivity contribution in [1.29, 1.82) is 0 Å². The maximum atomic E-state index is 6.85. The van der Waals surface area contributed by atoms with Crippen molar-refractivity contribution in [3.05, 3.63) is 131 Å². The molecule has 4 aromatic carbocycles. The van der Waals surface area contributed by atoms with Gasteiger partial charge in [0, 0.05) is 34.7 Å². The minimum Gasteiger partial charge on any atom is -0.457 e. The zero-order valence-electron chi connectivity index (χ0n) is 31.5. The summed E-state index contributed by atoms with van der Waals surface area (Å²) in [6, 6.07) is 32.5. The molecule has 0 aliphatic rings. The van der Waals surface area contributed by atoms with Gasteiger partial charge in [-0.1, -0.05) is 90.8 Å². The Kier molecular flexibility index (Phi) is 9.32. The van der Waals surface area contributed by atoms with Crippen molar-refractivity contribution in [1.82, 2.24) is 19.3 Å². The molecular weight excluding hydrogens is 625 g/mol. The van der Waals surface area contributed by atoms with Crippen molar-refractivity contribution in [3.8, 4) is 34.1 Å². The fourth-order valence-corrected chi connectivity index (χ4v) is 7.49. The highest BCUT2D eigenvalue weighted by atomic mass is 16.5. The maximum Gasteiger partial charge on any atom is 0.137 e. The van der Waals surface area contributed by atoms with Gasteiger partial charge in [-0.3, -0.25) is 4.57 Å². The molecule has 5 nitrogen and oxygen atoms in total. The Bertz CT molecular complexity index is 2350. The van der Waals surface area contributed by atoms with Gasteiger partial charge in [-0.2, -0.15) is 5.10 Å². The summed E-state index contributed by atoms with van der Waals surface area (Å²) in [6.07, 6.45) is 6.80. The lowest BCUT2D eigenvalue weighted by atomic mass is 9.86. The topological polar surface area (TPSA) is 44.9 Å². The van der Waals surface area contributed by atoms with E-state index in [2.05, 4.69) is 156 Å². The van der Waals surface area contributed by atoms with Crippen LogP contribution in [0.1, 0.15) is 88.0 Å². The molecule has 0 N–H and O–H groups in total. The average molecular weight is 675 g/mol. The first kappa shape index (κ1) is 34.3. The number of aryl methyl sites for hydroxylation is 4. The van der Waals surface area contributed by atoms with E-state index in [0.717, 1.165) is 66.1 Å². The largest absolute Gasteiger partial charge is 0.457 e. The van der Waals surface area contributed by atoms with E-state index < -0.39 is 0 Å². The summed E-state index contributed by atoms with van der Waals surface area (Å²) in [7, 11) is 0. The summed E-state index contributed by atoms with van der Waals surface area (Å²) >= 11 is 0. The lowest BCUT2D eigenvalue weighted by molar-refractivity contribution is 0.478. The van der Waals surface area contributed by atoms with E-state index in [0.29, 0.717) is 0 Å². The van der Waals surface area contributed by atoms with Gasteiger partial charge in [0.25, 0.3) is 0 Å². The Morgan fingerprint density at radius 2 is 1.43 bits per heavy atom. The molecule has 7 rings (SSSR count). The first-order valence-corrected chi connectivity index (χ1v) is 18.6. The fourth-order valence-electron chi connectivity index (χ4n) is 7.49. The molecule has 0 saturated carbocycles. The number of para-hydroxylation sites is 1. The third kappa shape index (κ3) is 6.46. The van der Waals surface area contributed by atoms with Crippen LogP contribution in [0.3, 0.4) is 0 Å². The molecule has 0 bridgehead atoms. The molecule has 0 unspecified atom stereocenters. The van der Waals surface area contributed by atoms with Crippen molar-refractivity contribution < 1.29 is 4.74 Å². The molecule has 0 atom stereocenters. The minimum absolute atomic E-state index is 0.0970. The Balaban J connectivity index is 1.39. The summed E-state index contributed by atoms with van der Waals surface area (Å²) in [5, 5.41) is 7.77. The highest BCUT2D eigenvalue weighted by Crippen LogP contribution is 2.39. The molecule has 7 aromatic rings. The highest BCUT2D eigenvalue weighted by molar-refractivity contribution is 6.09. The monoisotopic (exact) mass is 674 g/mol. The number of fused-ring (bicyclic) bond motifs is 3. The van der Waals surface area contributed by atoms with Gasteiger partial charge in [0.1, 0.15) is 17.3 Å². The third-order valence-electron chi connectivity index (χ3n) is 10.1. The first-order chi connectivity index (χ1) is 24.6. The van der Waals surface area contributed by atoms with Gasteiger partial charge in [0.15, 0.2) is 0 Å². The Morgan fingerprint density at radius 3 is 2.16 bits per heavy atom. The number of nitrogens with zero attached hydrogens (tertiary/aromatic N) is 4. The van der Waals surface area contributed by atoms with Crippen LogP contribution in [-0.2, 0) is 24.7 Å². The predicted octanol–water partition coefficient (Wildman–Crippen LogP) is 12.2. The lowest BCUT2D eigenvalue weighted by Crippen LogP contribution is -2.13. The molecule has 0 saturated heterocycles. The van der Waals surface area contributed by atoms with Crippen LogP contribution >= 0.6 is 0 Å². The van der Waals surface area contributed by atoms with Crippen molar-refractivity contribution in [2.45, 2.75) is 92.9 Å². The summed E-state index contributed by atoms with van der Waals surface area (Å²) < 4.78 is 11.3. The van der Waals surface area contributed by atoms with Gasteiger partial charge in [0.2, 0.25) is 0 Å².